The van der Waals surface area contributed by atoms with Crippen molar-refractivity contribution in [2.45, 2.75) is 23.9 Å². The van der Waals surface area contributed by atoms with Gasteiger partial charge in [-0.1, -0.05) is 6.07 Å². The van der Waals surface area contributed by atoms with Crippen LogP contribution < -0.4 is 5.32 Å². The number of halogens is 3. The van der Waals surface area contributed by atoms with Crippen molar-refractivity contribution in [3.8, 4) is 0 Å². The summed E-state index contributed by atoms with van der Waals surface area (Å²) in [5, 5.41) is 3.30. The summed E-state index contributed by atoms with van der Waals surface area (Å²) in [5.74, 6) is -0.890. The molecule has 4 rings (SSSR count). The highest BCUT2D eigenvalue weighted by molar-refractivity contribution is 7.89. The summed E-state index contributed by atoms with van der Waals surface area (Å²) in [4.78, 5) is 15.7. The zero-order chi connectivity index (χ0) is 22.2. The van der Waals surface area contributed by atoms with E-state index >= 15 is 0 Å². The first-order chi connectivity index (χ1) is 14.6. The van der Waals surface area contributed by atoms with Gasteiger partial charge >= 0.3 is 6.18 Å². The molecule has 1 saturated heterocycles. The minimum Gasteiger partial charge on any atom is -0.361 e. The SMILES string of the molecule is O=C(Nc1cccc(C(F)(F)F)c1)C1CCN(S(=O)(=O)c2ccc3[nH]ccc3c2)CC1. The van der Waals surface area contributed by atoms with Crippen LogP contribution in [0, 0.1) is 5.92 Å². The number of anilines is 1. The van der Waals surface area contributed by atoms with Crippen molar-refractivity contribution in [2.75, 3.05) is 18.4 Å². The number of sulfonamides is 1. The molecule has 2 N–H and O–H groups in total. The minimum absolute atomic E-state index is 0.0645. The number of rotatable bonds is 4. The Hall–Kier alpha value is -2.85. The molecule has 0 radical (unpaired) electrons. The predicted octanol–water partition coefficient (Wildman–Crippen LogP) is 4.23. The Labute approximate surface area is 177 Å². The second-order valence-electron chi connectivity index (χ2n) is 7.47. The van der Waals surface area contributed by atoms with E-state index in [1.54, 1.807) is 30.5 Å². The monoisotopic (exact) mass is 451 g/mol. The Bertz CT molecular complexity index is 1210. The molecule has 1 fully saturated rings. The quantitative estimate of drug-likeness (QED) is 0.623. The predicted molar refractivity (Wildman–Crippen MR) is 110 cm³/mol. The molecule has 164 valence electrons. The lowest BCUT2D eigenvalue weighted by atomic mass is 9.97. The van der Waals surface area contributed by atoms with Gasteiger partial charge in [-0.05, 0) is 55.3 Å². The molecule has 6 nitrogen and oxygen atoms in total. The van der Waals surface area contributed by atoms with Gasteiger partial charge in [0.2, 0.25) is 15.9 Å². The second kappa shape index (κ2) is 8.01. The van der Waals surface area contributed by atoms with Crippen molar-refractivity contribution in [2.24, 2.45) is 5.92 Å². The number of nitrogens with zero attached hydrogens (tertiary/aromatic N) is 1. The third-order valence-electron chi connectivity index (χ3n) is 5.44. The molecule has 3 aromatic rings. The molecule has 1 aromatic heterocycles. The van der Waals surface area contributed by atoms with Crippen LogP contribution in [0.3, 0.4) is 0 Å². The molecular formula is C21H20F3N3O3S. The Morgan fingerprint density at radius 3 is 2.52 bits per heavy atom. The zero-order valence-corrected chi connectivity index (χ0v) is 17.1. The number of piperidine rings is 1. The number of alkyl halides is 3. The summed E-state index contributed by atoms with van der Waals surface area (Å²) in [6.45, 7) is 0.322. The van der Waals surface area contributed by atoms with Crippen LogP contribution in [0.2, 0.25) is 0 Å². The number of hydrogen-bond acceptors (Lipinski definition) is 3. The third-order valence-corrected chi connectivity index (χ3v) is 7.34. The largest absolute Gasteiger partial charge is 0.416 e. The van der Waals surface area contributed by atoms with E-state index in [1.807, 2.05) is 0 Å². The third kappa shape index (κ3) is 4.45. The second-order valence-corrected chi connectivity index (χ2v) is 9.41. The minimum atomic E-state index is -4.50. The van der Waals surface area contributed by atoms with Crippen LogP contribution in [0.1, 0.15) is 18.4 Å². The lowest BCUT2D eigenvalue weighted by Crippen LogP contribution is -2.41. The fourth-order valence-electron chi connectivity index (χ4n) is 3.72. The number of benzene rings is 2. The van der Waals surface area contributed by atoms with Gasteiger partial charge in [0.1, 0.15) is 0 Å². The number of amides is 1. The van der Waals surface area contributed by atoms with E-state index in [9.17, 15) is 26.4 Å². The van der Waals surface area contributed by atoms with Crippen molar-refractivity contribution in [3.05, 3.63) is 60.3 Å². The van der Waals surface area contributed by atoms with Crippen LogP contribution in [0.25, 0.3) is 10.9 Å². The van der Waals surface area contributed by atoms with E-state index in [4.69, 9.17) is 0 Å². The number of H-pyrrole nitrogens is 1. The highest BCUT2D eigenvalue weighted by atomic mass is 32.2. The Morgan fingerprint density at radius 2 is 1.81 bits per heavy atom. The number of aromatic nitrogens is 1. The number of fused-ring (bicyclic) bond motifs is 1. The fourth-order valence-corrected chi connectivity index (χ4v) is 5.22. The molecule has 0 aliphatic carbocycles. The van der Waals surface area contributed by atoms with Gasteiger partial charge in [0.05, 0.1) is 10.5 Å². The average molecular weight is 451 g/mol. The molecule has 0 unspecified atom stereocenters. The fraction of sp³-hybridized carbons (Fsp3) is 0.286. The van der Waals surface area contributed by atoms with Crippen LogP contribution >= 0.6 is 0 Å². The van der Waals surface area contributed by atoms with E-state index in [1.165, 1.54) is 16.4 Å². The lowest BCUT2D eigenvalue weighted by Gasteiger charge is -2.30. The number of aromatic amines is 1. The van der Waals surface area contributed by atoms with E-state index in [-0.39, 0.29) is 36.5 Å². The van der Waals surface area contributed by atoms with Crippen molar-refractivity contribution >= 4 is 32.5 Å². The topological polar surface area (TPSA) is 82.3 Å². The average Bonchev–Trinajstić information content (AvgIpc) is 3.21. The van der Waals surface area contributed by atoms with Gasteiger partial charge in [-0.2, -0.15) is 17.5 Å². The van der Waals surface area contributed by atoms with E-state index in [0.717, 1.165) is 23.0 Å². The Morgan fingerprint density at radius 1 is 1.06 bits per heavy atom. The molecule has 0 saturated carbocycles. The molecule has 1 aliphatic rings. The van der Waals surface area contributed by atoms with Crippen LogP contribution in [0.4, 0.5) is 18.9 Å². The smallest absolute Gasteiger partial charge is 0.361 e. The summed E-state index contributed by atoms with van der Waals surface area (Å²) < 4.78 is 65.8. The van der Waals surface area contributed by atoms with Crippen LogP contribution in [-0.4, -0.2) is 36.7 Å². The highest BCUT2D eigenvalue weighted by Gasteiger charge is 2.33. The van der Waals surface area contributed by atoms with Crippen LogP contribution in [0.15, 0.2) is 59.6 Å². The maximum absolute atomic E-state index is 13.0. The standard InChI is InChI=1S/C21H20F3N3O3S/c22-21(23,24)16-2-1-3-17(13-16)26-20(28)14-7-10-27(11-8-14)31(29,30)18-4-5-19-15(12-18)6-9-25-19/h1-6,9,12-14,25H,7-8,10-11H2,(H,26,28). The summed E-state index contributed by atoms with van der Waals surface area (Å²) in [6.07, 6.45) is -2.19. The van der Waals surface area contributed by atoms with Crippen molar-refractivity contribution in [1.82, 2.24) is 9.29 Å². The van der Waals surface area contributed by atoms with Crippen LogP contribution in [0.5, 0.6) is 0 Å². The molecule has 31 heavy (non-hydrogen) atoms. The van der Waals surface area contributed by atoms with Crippen molar-refractivity contribution in [3.63, 3.8) is 0 Å². The number of hydrogen-bond donors (Lipinski definition) is 2. The first-order valence-corrected chi connectivity index (χ1v) is 11.1. The zero-order valence-electron chi connectivity index (χ0n) is 16.3. The molecular weight excluding hydrogens is 431 g/mol. The molecule has 0 atom stereocenters. The van der Waals surface area contributed by atoms with Gasteiger partial charge in [-0.3, -0.25) is 4.79 Å². The molecule has 1 amide bonds. The van der Waals surface area contributed by atoms with E-state index < -0.39 is 33.6 Å². The number of carbonyl (C=O) groups is 1. The molecule has 2 aromatic carbocycles. The molecule has 2 heterocycles. The van der Waals surface area contributed by atoms with Gasteiger partial charge in [0.25, 0.3) is 0 Å². The summed E-state index contributed by atoms with van der Waals surface area (Å²) >= 11 is 0. The number of carbonyl (C=O) groups excluding carboxylic acids is 1. The van der Waals surface area contributed by atoms with Crippen molar-refractivity contribution < 1.29 is 26.4 Å². The summed E-state index contributed by atoms with van der Waals surface area (Å²) in [7, 11) is -3.70. The summed E-state index contributed by atoms with van der Waals surface area (Å²) in [6, 6.07) is 11.1. The maximum Gasteiger partial charge on any atom is 0.416 e. The molecule has 10 heteroatoms. The first kappa shape index (κ1) is 21.4. The van der Waals surface area contributed by atoms with Gasteiger partial charge in [0, 0.05) is 41.8 Å². The van der Waals surface area contributed by atoms with Gasteiger partial charge in [-0.15, -0.1) is 0 Å². The van der Waals surface area contributed by atoms with E-state index in [0.29, 0.717) is 0 Å². The molecule has 0 bridgehead atoms. The lowest BCUT2D eigenvalue weighted by molar-refractivity contribution is -0.137. The van der Waals surface area contributed by atoms with Gasteiger partial charge in [-0.25, -0.2) is 8.42 Å². The van der Waals surface area contributed by atoms with E-state index in [2.05, 4.69) is 10.3 Å². The summed E-state index contributed by atoms with van der Waals surface area (Å²) in [5.41, 5.74) is 0.0595. The van der Waals surface area contributed by atoms with Crippen LogP contribution in [-0.2, 0) is 21.0 Å². The first-order valence-electron chi connectivity index (χ1n) is 9.70. The molecule has 0 spiro atoms. The molecule has 1 aliphatic heterocycles. The van der Waals surface area contributed by atoms with Crippen molar-refractivity contribution in [1.29, 1.82) is 0 Å². The normalized spacial score (nSPS) is 16.5. The van der Waals surface area contributed by atoms with Gasteiger partial charge < -0.3 is 10.3 Å². The Balaban J connectivity index is 1.40. The van der Waals surface area contributed by atoms with Gasteiger partial charge in [0.15, 0.2) is 0 Å². The number of nitrogens with one attached hydrogen (secondary N) is 2. The highest BCUT2D eigenvalue weighted by Crippen LogP contribution is 2.31. The Kier molecular flexibility index (Phi) is 5.52. The maximum atomic E-state index is 13.0.